The van der Waals surface area contributed by atoms with E-state index in [4.69, 9.17) is 0 Å². The van der Waals surface area contributed by atoms with Gasteiger partial charge in [-0.1, -0.05) is 12.1 Å². The molecular weight excluding hydrogens is 348 g/mol. The Morgan fingerprint density at radius 1 is 0.885 bits per heavy atom. The Labute approximate surface area is 144 Å². The number of aromatic nitrogens is 2. The number of hydrogen-bond acceptors (Lipinski definition) is 3. The second kappa shape index (κ2) is 5.94. The van der Waals surface area contributed by atoms with Gasteiger partial charge in [-0.15, -0.1) is 13.2 Å². The summed E-state index contributed by atoms with van der Waals surface area (Å²) in [5.74, 6) is -0.799. The van der Waals surface area contributed by atoms with Crippen LogP contribution in [0.4, 0.5) is 17.6 Å². The fraction of sp³-hybridized carbons (Fsp3) is 0.0526. The maximum absolute atomic E-state index is 13.6. The van der Waals surface area contributed by atoms with Gasteiger partial charge in [-0.3, -0.25) is 4.98 Å². The fourth-order valence-corrected chi connectivity index (χ4v) is 2.88. The molecule has 2 aromatic heterocycles. The number of alkyl halides is 3. The molecule has 0 unspecified atom stereocenters. The number of pyridine rings is 2. The SMILES string of the molecule is Fc1ccc2c(c1)nc(-c1cccc(OC(F)(F)F)c1)c1ccncc12. The summed E-state index contributed by atoms with van der Waals surface area (Å²) < 4.78 is 55.1. The highest BCUT2D eigenvalue weighted by Crippen LogP contribution is 2.34. The van der Waals surface area contributed by atoms with Crippen LogP contribution in [0.15, 0.2) is 60.9 Å². The lowest BCUT2D eigenvalue weighted by Gasteiger charge is -2.12. The summed E-state index contributed by atoms with van der Waals surface area (Å²) in [6.45, 7) is 0. The zero-order valence-electron chi connectivity index (χ0n) is 13.1. The highest BCUT2D eigenvalue weighted by atomic mass is 19.4. The smallest absolute Gasteiger partial charge is 0.406 e. The van der Waals surface area contributed by atoms with Crippen LogP contribution in [0.25, 0.3) is 32.9 Å². The van der Waals surface area contributed by atoms with Gasteiger partial charge >= 0.3 is 6.36 Å². The molecule has 2 aromatic carbocycles. The minimum Gasteiger partial charge on any atom is -0.406 e. The highest BCUT2D eigenvalue weighted by Gasteiger charge is 2.31. The predicted molar refractivity (Wildman–Crippen MR) is 89.1 cm³/mol. The molecule has 4 rings (SSSR count). The van der Waals surface area contributed by atoms with E-state index in [1.165, 1.54) is 30.3 Å². The van der Waals surface area contributed by atoms with E-state index >= 15 is 0 Å². The van der Waals surface area contributed by atoms with Gasteiger partial charge < -0.3 is 4.74 Å². The third-order valence-electron chi connectivity index (χ3n) is 3.90. The van der Waals surface area contributed by atoms with Gasteiger partial charge in [0.2, 0.25) is 0 Å². The zero-order chi connectivity index (χ0) is 18.3. The lowest BCUT2D eigenvalue weighted by atomic mass is 10.0. The Kier molecular flexibility index (Phi) is 3.72. The first-order valence-electron chi connectivity index (χ1n) is 7.60. The third-order valence-corrected chi connectivity index (χ3v) is 3.90. The highest BCUT2D eigenvalue weighted by molar-refractivity contribution is 6.10. The first-order valence-corrected chi connectivity index (χ1v) is 7.60. The summed E-state index contributed by atoms with van der Waals surface area (Å²) in [6.07, 6.45) is -1.60. The molecule has 0 aliphatic rings. The summed E-state index contributed by atoms with van der Waals surface area (Å²) in [5, 5.41) is 2.14. The number of halogens is 4. The van der Waals surface area contributed by atoms with E-state index in [2.05, 4.69) is 14.7 Å². The van der Waals surface area contributed by atoms with E-state index in [9.17, 15) is 17.6 Å². The summed E-state index contributed by atoms with van der Waals surface area (Å²) >= 11 is 0. The number of hydrogen-bond donors (Lipinski definition) is 0. The van der Waals surface area contributed by atoms with Crippen LogP contribution in [0.5, 0.6) is 5.75 Å². The van der Waals surface area contributed by atoms with Crippen molar-refractivity contribution in [2.75, 3.05) is 0 Å². The first kappa shape index (κ1) is 16.3. The number of nitrogens with zero attached hydrogens (tertiary/aromatic N) is 2. The van der Waals surface area contributed by atoms with Crippen molar-refractivity contribution in [3.05, 3.63) is 66.7 Å². The van der Waals surface area contributed by atoms with Gasteiger partial charge in [0.15, 0.2) is 0 Å². The average Bonchev–Trinajstić information content (AvgIpc) is 2.59. The second-order valence-electron chi connectivity index (χ2n) is 5.62. The van der Waals surface area contributed by atoms with Crippen LogP contribution in [-0.2, 0) is 0 Å². The van der Waals surface area contributed by atoms with Crippen molar-refractivity contribution < 1.29 is 22.3 Å². The zero-order valence-corrected chi connectivity index (χ0v) is 13.1. The minimum absolute atomic E-state index is 0.349. The van der Waals surface area contributed by atoms with Crippen LogP contribution in [-0.4, -0.2) is 16.3 Å². The van der Waals surface area contributed by atoms with E-state index < -0.39 is 12.2 Å². The minimum atomic E-state index is -4.79. The van der Waals surface area contributed by atoms with Crippen LogP contribution in [0.3, 0.4) is 0 Å². The van der Waals surface area contributed by atoms with Gasteiger partial charge in [0.25, 0.3) is 0 Å². The molecule has 26 heavy (non-hydrogen) atoms. The maximum atomic E-state index is 13.6. The molecule has 0 amide bonds. The molecule has 0 radical (unpaired) electrons. The van der Waals surface area contributed by atoms with Gasteiger partial charge in [-0.2, -0.15) is 0 Å². The van der Waals surface area contributed by atoms with Crippen molar-refractivity contribution in [3.8, 4) is 17.0 Å². The second-order valence-corrected chi connectivity index (χ2v) is 5.62. The Hall–Kier alpha value is -3.22. The monoisotopic (exact) mass is 358 g/mol. The topological polar surface area (TPSA) is 35.0 Å². The molecule has 0 aliphatic carbocycles. The van der Waals surface area contributed by atoms with E-state index in [0.29, 0.717) is 27.5 Å². The number of ether oxygens (including phenoxy) is 1. The predicted octanol–water partition coefficient (Wildman–Crippen LogP) is 5.49. The largest absolute Gasteiger partial charge is 0.573 e. The molecule has 0 aliphatic heterocycles. The molecule has 0 spiro atoms. The Morgan fingerprint density at radius 2 is 1.73 bits per heavy atom. The van der Waals surface area contributed by atoms with Crippen LogP contribution < -0.4 is 4.74 Å². The Bertz CT molecular complexity index is 1130. The molecular formula is C19H10F4N2O. The summed E-state index contributed by atoms with van der Waals surface area (Å²) in [5.41, 5.74) is 1.24. The first-order chi connectivity index (χ1) is 12.4. The van der Waals surface area contributed by atoms with E-state index in [-0.39, 0.29) is 5.75 Å². The molecule has 0 saturated carbocycles. The van der Waals surface area contributed by atoms with Gasteiger partial charge in [-0.05, 0) is 30.3 Å². The van der Waals surface area contributed by atoms with E-state index in [0.717, 1.165) is 5.39 Å². The Morgan fingerprint density at radius 3 is 2.54 bits per heavy atom. The van der Waals surface area contributed by atoms with Gasteiger partial charge in [-0.25, -0.2) is 9.37 Å². The molecule has 7 heteroatoms. The summed E-state index contributed by atoms with van der Waals surface area (Å²) in [6, 6.07) is 11.5. The summed E-state index contributed by atoms with van der Waals surface area (Å²) in [4.78, 5) is 8.56. The van der Waals surface area contributed by atoms with Crippen LogP contribution in [0, 0.1) is 5.82 Å². The van der Waals surface area contributed by atoms with Crippen molar-refractivity contribution >= 4 is 21.7 Å². The van der Waals surface area contributed by atoms with E-state index in [1.54, 1.807) is 30.6 Å². The molecule has 3 nitrogen and oxygen atoms in total. The fourth-order valence-electron chi connectivity index (χ4n) is 2.88. The lowest BCUT2D eigenvalue weighted by Crippen LogP contribution is -2.17. The summed E-state index contributed by atoms with van der Waals surface area (Å²) in [7, 11) is 0. The number of fused-ring (bicyclic) bond motifs is 3. The van der Waals surface area contributed by atoms with Crippen LogP contribution in [0.2, 0.25) is 0 Å². The molecule has 130 valence electrons. The average molecular weight is 358 g/mol. The third kappa shape index (κ3) is 3.03. The Balaban J connectivity index is 1.97. The van der Waals surface area contributed by atoms with Gasteiger partial charge in [0.1, 0.15) is 11.6 Å². The van der Waals surface area contributed by atoms with Gasteiger partial charge in [0, 0.05) is 40.2 Å². The standard InChI is InChI=1S/C19H10F4N2O/c20-12-4-5-14-16-10-24-7-6-15(16)18(25-17(14)9-12)11-2-1-3-13(8-11)26-19(21,22)23/h1-10H. The van der Waals surface area contributed by atoms with E-state index in [1.807, 2.05) is 0 Å². The lowest BCUT2D eigenvalue weighted by molar-refractivity contribution is -0.274. The molecule has 0 saturated heterocycles. The quantitative estimate of drug-likeness (QED) is 0.351. The molecule has 4 aromatic rings. The number of benzene rings is 2. The molecule has 0 N–H and O–H groups in total. The van der Waals surface area contributed by atoms with Crippen molar-refractivity contribution in [2.24, 2.45) is 0 Å². The van der Waals surface area contributed by atoms with Crippen LogP contribution in [0.1, 0.15) is 0 Å². The van der Waals surface area contributed by atoms with Crippen molar-refractivity contribution in [1.82, 2.24) is 9.97 Å². The maximum Gasteiger partial charge on any atom is 0.573 e. The van der Waals surface area contributed by atoms with Crippen molar-refractivity contribution in [3.63, 3.8) is 0 Å². The number of rotatable bonds is 2. The van der Waals surface area contributed by atoms with Crippen LogP contribution >= 0.6 is 0 Å². The molecule has 0 bridgehead atoms. The molecule has 0 atom stereocenters. The van der Waals surface area contributed by atoms with Gasteiger partial charge in [0.05, 0.1) is 11.2 Å². The molecule has 2 heterocycles. The van der Waals surface area contributed by atoms with Crippen molar-refractivity contribution in [1.29, 1.82) is 0 Å². The normalized spacial score (nSPS) is 11.8. The van der Waals surface area contributed by atoms with Crippen molar-refractivity contribution in [2.45, 2.75) is 6.36 Å². The molecule has 0 fully saturated rings.